The molecule has 1 aromatic heterocycles. The van der Waals surface area contributed by atoms with E-state index < -0.39 is 16.8 Å². The Morgan fingerprint density at radius 2 is 1.70 bits per heavy atom. The fraction of sp³-hybridized carbons (Fsp3) is 0.0526. The molecule has 136 valence electrons. The van der Waals surface area contributed by atoms with Gasteiger partial charge >= 0.3 is 11.9 Å². The second kappa shape index (κ2) is 7.96. The van der Waals surface area contributed by atoms with Crippen LogP contribution in [0.2, 0.25) is 0 Å². The minimum absolute atomic E-state index is 0.0616. The Bertz CT molecular complexity index is 963. The number of para-hydroxylation sites is 1. The first-order valence-electron chi connectivity index (χ1n) is 7.89. The van der Waals surface area contributed by atoms with Gasteiger partial charge in [0.25, 0.3) is 5.91 Å². The number of nitrogens with one attached hydrogen (secondary N) is 1. The van der Waals surface area contributed by atoms with Gasteiger partial charge < -0.3 is 14.5 Å². The third-order valence-electron chi connectivity index (χ3n) is 3.59. The molecule has 1 amide bonds. The summed E-state index contributed by atoms with van der Waals surface area (Å²) in [5.41, 5.74) is 1.80. The van der Waals surface area contributed by atoms with Gasteiger partial charge in [-0.3, -0.25) is 14.9 Å². The van der Waals surface area contributed by atoms with Crippen LogP contribution in [0.25, 0.3) is 0 Å². The summed E-state index contributed by atoms with van der Waals surface area (Å²) in [5.74, 6) is -1.85. The summed E-state index contributed by atoms with van der Waals surface area (Å²) < 4.78 is 9.82. The van der Waals surface area contributed by atoms with E-state index in [1.165, 1.54) is 6.07 Å². The van der Waals surface area contributed by atoms with E-state index in [0.717, 1.165) is 6.07 Å². The zero-order valence-electron chi connectivity index (χ0n) is 14.0. The molecule has 0 atom stereocenters. The molecule has 8 nitrogen and oxygen atoms in total. The number of benzene rings is 2. The van der Waals surface area contributed by atoms with Gasteiger partial charge in [-0.2, -0.15) is 0 Å². The summed E-state index contributed by atoms with van der Waals surface area (Å²) in [6.45, 7) is -0.0616. The molecule has 0 aliphatic rings. The number of carbonyl (C=O) groups excluding carboxylic acids is 2. The number of rotatable bonds is 6. The van der Waals surface area contributed by atoms with Gasteiger partial charge in [0, 0.05) is 11.3 Å². The van der Waals surface area contributed by atoms with Crippen LogP contribution in [0.5, 0.6) is 0 Å². The molecule has 0 aliphatic heterocycles. The number of furan rings is 1. The topological polar surface area (TPSA) is 112 Å². The van der Waals surface area contributed by atoms with Crippen molar-refractivity contribution in [2.45, 2.75) is 6.61 Å². The average Bonchev–Trinajstić information content (AvgIpc) is 3.18. The lowest BCUT2D eigenvalue weighted by Gasteiger charge is -2.06. The first kappa shape index (κ1) is 17.9. The molecule has 0 unspecified atom stereocenters. The molecular weight excluding hydrogens is 352 g/mol. The van der Waals surface area contributed by atoms with Crippen LogP contribution in [-0.2, 0) is 11.3 Å². The maximum absolute atomic E-state index is 12.2. The van der Waals surface area contributed by atoms with E-state index in [4.69, 9.17) is 9.15 Å². The van der Waals surface area contributed by atoms with Gasteiger partial charge in [-0.15, -0.1) is 0 Å². The summed E-state index contributed by atoms with van der Waals surface area (Å²) >= 11 is 0. The smallest absolute Gasteiger partial charge is 0.433 e. The normalized spacial score (nSPS) is 10.2. The fourth-order valence-electron chi connectivity index (χ4n) is 2.23. The second-order valence-electron chi connectivity index (χ2n) is 5.49. The molecule has 1 heterocycles. The van der Waals surface area contributed by atoms with E-state index in [9.17, 15) is 19.7 Å². The summed E-state index contributed by atoms with van der Waals surface area (Å²) in [6, 6.07) is 17.8. The van der Waals surface area contributed by atoms with Crippen LogP contribution >= 0.6 is 0 Å². The maximum atomic E-state index is 12.2. The van der Waals surface area contributed by atoms with E-state index in [2.05, 4.69) is 5.32 Å². The number of carbonyl (C=O) groups is 2. The number of nitrogens with zero attached hydrogens (tertiary/aromatic N) is 1. The highest BCUT2D eigenvalue weighted by Gasteiger charge is 2.18. The van der Waals surface area contributed by atoms with Crippen molar-refractivity contribution in [2.75, 3.05) is 5.32 Å². The Kier molecular flexibility index (Phi) is 5.27. The average molecular weight is 366 g/mol. The van der Waals surface area contributed by atoms with Gasteiger partial charge in [0.15, 0.2) is 0 Å². The van der Waals surface area contributed by atoms with Crippen LogP contribution in [0.15, 0.2) is 71.1 Å². The van der Waals surface area contributed by atoms with E-state index >= 15 is 0 Å². The SMILES string of the molecule is O=C(Nc1ccccc1)c1ccc(COC(=O)c2ccc([N+](=O)[O-])o2)cc1. The highest BCUT2D eigenvalue weighted by molar-refractivity contribution is 6.04. The largest absolute Gasteiger partial charge is 0.455 e. The Morgan fingerprint density at radius 1 is 1.00 bits per heavy atom. The number of anilines is 1. The highest BCUT2D eigenvalue weighted by Crippen LogP contribution is 2.17. The number of hydrogen-bond acceptors (Lipinski definition) is 6. The third-order valence-corrected chi connectivity index (χ3v) is 3.59. The molecule has 0 saturated carbocycles. The van der Waals surface area contributed by atoms with Gasteiger partial charge in [-0.1, -0.05) is 30.3 Å². The van der Waals surface area contributed by atoms with E-state index in [1.54, 1.807) is 36.4 Å². The maximum Gasteiger partial charge on any atom is 0.433 e. The molecule has 3 aromatic rings. The molecule has 0 radical (unpaired) electrons. The predicted molar refractivity (Wildman–Crippen MR) is 95.3 cm³/mol. The van der Waals surface area contributed by atoms with Crippen molar-refractivity contribution >= 4 is 23.4 Å². The minimum atomic E-state index is -0.811. The summed E-state index contributed by atoms with van der Waals surface area (Å²) in [5, 5.41) is 13.3. The Morgan fingerprint density at radius 3 is 2.33 bits per heavy atom. The molecule has 0 spiro atoms. The summed E-state index contributed by atoms with van der Waals surface area (Å²) in [7, 11) is 0. The monoisotopic (exact) mass is 366 g/mol. The lowest BCUT2D eigenvalue weighted by Crippen LogP contribution is -2.11. The summed E-state index contributed by atoms with van der Waals surface area (Å²) in [4.78, 5) is 33.8. The Labute approximate surface area is 153 Å². The molecule has 8 heteroatoms. The van der Waals surface area contributed by atoms with Gasteiger partial charge in [-0.05, 0) is 35.9 Å². The van der Waals surface area contributed by atoms with E-state index in [0.29, 0.717) is 16.8 Å². The van der Waals surface area contributed by atoms with Crippen molar-refractivity contribution in [1.29, 1.82) is 0 Å². The molecule has 0 saturated heterocycles. The van der Waals surface area contributed by atoms with Crippen LogP contribution < -0.4 is 5.32 Å². The molecule has 0 bridgehead atoms. The zero-order valence-corrected chi connectivity index (χ0v) is 14.0. The first-order valence-corrected chi connectivity index (χ1v) is 7.89. The quantitative estimate of drug-likeness (QED) is 0.403. The highest BCUT2D eigenvalue weighted by atomic mass is 16.7. The number of hydrogen-bond donors (Lipinski definition) is 1. The van der Waals surface area contributed by atoms with Crippen molar-refractivity contribution in [1.82, 2.24) is 0 Å². The van der Waals surface area contributed by atoms with Crippen LogP contribution in [0, 0.1) is 10.1 Å². The molecular formula is C19H14N2O6. The van der Waals surface area contributed by atoms with Gasteiger partial charge in [-0.25, -0.2) is 4.79 Å². The Hall–Kier alpha value is -3.94. The van der Waals surface area contributed by atoms with Crippen molar-refractivity contribution < 1.29 is 23.7 Å². The zero-order chi connectivity index (χ0) is 19.2. The lowest BCUT2D eigenvalue weighted by molar-refractivity contribution is -0.402. The number of ether oxygens (including phenoxy) is 1. The van der Waals surface area contributed by atoms with E-state index in [-0.39, 0.29) is 18.3 Å². The van der Waals surface area contributed by atoms with Crippen molar-refractivity contribution in [3.8, 4) is 0 Å². The van der Waals surface area contributed by atoms with E-state index in [1.807, 2.05) is 18.2 Å². The van der Waals surface area contributed by atoms with Crippen molar-refractivity contribution in [3.63, 3.8) is 0 Å². The number of esters is 1. The van der Waals surface area contributed by atoms with Crippen molar-refractivity contribution in [3.05, 3.63) is 93.7 Å². The standard InChI is InChI=1S/C19H14N2O6/c22-18(20-15-4-2-1-3-5-15)14-8-6-13(7-9-14)12-26-19(23)16-10-11-17(27-16)21(24)25/h1-11H,12H2,(H,20,22). The van der Waals surface area contributed by atoms with Crippen LogP contribution in [0.3, 0.4) is 0 Å². The molecule has 0 aliphatic carbocycles. The summed E-state index contributed by atoms with van der Waals surface area (Å²) in [6.07, 6.45) is 0. The van der Waals surface area contributed by atoms with Gasteiger partial charge in [0.1, 0.15) is 11.5 Å². The van der Waals surface area contributed by atoms with Gasteiger partial charge in [0.05, 0.1) is 6.07 Å². The first-order chi connectivity index (χ1) is 13.0. The van der Waals surface area contributed by atoms with Crippen LogP contribution in [0.4, 0.5) is 11.6 Å². The molecule has 3 rings (SSSR count). The molecule has 2 aromatic carbocycles. The Balaban J connectivity index is 1.56. The fourth-order valence-corrected chi connectivity index (χ4v) is 2.23. The lowest BCUT2D eigenvalue weighted by atomic mass is 10.1. The second-order valence-corrected chi connectivity index (χ2v) is 5.49. The minimum Gasteiger partial charge on any atom is -0.455 e. The molecule has 0 fully saturated rings. The molecule has 27 heavy (non-hydrogen) atoms. The van der Waals surface area contributed by atoms with Crippen LogP contribution in [-0.4, -0.2) is 16.8 Å². The van der Waals surface area contributed by atoms with Crippen LogP contribution in [0.1, 0.15) is 26.5 Å². The predicted octanol–water partition coefficient (Wildman–Crippen LogP) is 3.80. The number of nitro groups is 1. The number of amides is 1. The van der Waals surface area contributed by atoms with Crippen molar-refractivity contribution in [2.24, 2.45) is 0 Å². The van der Waals surface area contributed by atoms with Gasteiger partial charge in [0.2, 0.25) is 5.76 Å². The molecule has 1 N–H and O–H groups in total. The third kappa shape index (κ3) is 4.57.